The molecule has 0 aliphatic carbocycles. The fourth-order valence-corrected chi connectivity index (χ4v) is 2.18. The Morgan fingerprint density at radius 1 is 0.952 bits per heavy atom. The van der Waals surface area contributed by atoms with E-state index in [1.54, 1.807) is 6.20 Å². The molecule has 0 saturated carbocycles. The number of rotatable bonds is 6. The minimum atomic E-state index is 0.680. The van der Waals surface area contributed by atoms with E-state index in [0.717, 1.165) is 35.3 Å². The lowest BCUT2D eigenvalue weighted by Gasteiger charge is -2.08. The second-order valence-electron chi connectivity index (χ2n) is 4.86. The van der Waals surface area contributed by atoms with Crippen LogP contribution in [0.5, 0.6) is 5.75 Å². The standard InChI is InChI=1S/C18H18N2O/c1-2-8-16(9-3-1)19-11-6-12-21-17-13-15-7-4-5-10-18(15)20-14-17/h1-5,7-10,13-14,19H,6,11-12H2. The molecular weight excluding hydrogens is 260 g/mol. The van der Waals surface area contributed by atoms with E-state index in [-0.39, 0.29) is 0 Å². The lowest BCUT2D eigenvalue weighted by Crippen LogP contribution is -2.07. The minimum absolute atomic E-state index is 0.680. The van der Waals surface area contributed by atoms with Gasteiger partial charge >= 0.3 is 0 Å². The maximum atomic E-state index is 5.75. The summed E-state index contributed by atoms with van der Waals surface area (Å²) in [6.45, 7) is 1.57. The summed E-state index contributed by atoms with van der Waals surface area (Å²) in [6, 6.07) is 20.3. The van der Waals surface area contributed by atoms with Crippen molar-refractivity contribution in [3.8, 4) is 5.75 Å². The number of para-hydroxylation sites is 2. The summed E-state index contributed by atoms with van der Waals surface area (Å²) in [6.07, 6.45) is 2.73. The molecule has 0 radical (unpaired) electrons. The van der Waals surface area contributed by atoms with Crippen LogP contribution in [0.1, 0.15) is 6.42 Å². The van der Waals surface area contributed by atoms with Crippen molar-refractivity contribution in [2.45, 2.75) is 6.42 Å². The molecule has 0 bridgehead atoms. The van der Waals surface area contributed by atoms with Gasteiger partial charge in [0.15, 0.2) is 0 Å². The van der Waals surface area contributed by atoms with E-state index in [2.05, 4.69) is 22.4 Å². The Bertz CT molecular complexity index is 698. The van der Waals surface area contributed by atoms with Crippen LogP contribution in [-0.2, 0) is 0 Å². The Hall–Kier alpha value is -2.55. The molecule has 0 spiro atoms. The van der Waals surface area contributed by atoms with Crippen LogP contribution in [0.2, 0.25) is 0 Å². The molecule has 3 aromatic rings. The first kappa shape index (κ1) is 13.4. The summed E-state index contributed by atoms with van der Waals surface area (Å²) in [5, 5.41) is 4.47. The lowest BCUT2D eigenvalue weighted by atomic mass is 10.2. The number of hydrogen-bond acceptors (Lipinski definition) is 3. The Morgan fingerprint density at radius 3 is 2.67 bits per heavy atom. The van der Waals surface area contributed by atoms with Crippen LogP contribution in [0.4, 0.5) is 5.69 Å². The lowest BCUT2D eigenvalue weighted by molar-refractivity contribution is 0.314. The van der Waals surface area contributed by atoms with Crippen molar-refractivity contribution in [2.75, 3.05) is 18.5 Å². The number of nitrogens with one attached hydrogen (secondary N) is 1. The molecule has 0 unspecified atom stereocenters. The van der Waals surface area contributed by atoms with E-state index in [1.165, 1.54) is 0 Å². The third-order valence-electron chi connectivity index (χ3n) is 3.26. The summed E-state index contributed by atoms with van der Waals surface area (Å²) >= 11 is 0. The Morgan fingerprint density at radius 2 is 1.76 bits per heavy atom. The third-order valence-corrected chi connectivity index (χ3v) is 3.26. The third kappa shape index (κ3) is 3.72. The summed E-state index contributed by atoms with van der Waals surface area (Å²) in [7, 11) is 0. The number of aromatic nitrogens is 1. The fraction of sp³-hybridized carbons (Fsp3) is 0.167. The van der Waals surface area contributed by atoms with Crippen LogP contribution >= 0.6 is 0 Å². The molecule has 0 aliphatic rings. The van der Waals surface area contributed by atoms with Gasteiger partial charge in [0.2, 0.25) is 0 Å². The SMILES string of the molecule is c1ccc(NCCCOc2cnc3ccccc3c2)cc1. The van der Waals surface area contributed by atoms with Gasteiger partial charge in [-0.25, -0.2) is 0 Å². The normalized spacial score (nSPS) is 10.5. The first-order valence-corrected chi connectivity index (χ1v) is 7.18. The predicted molar refractivity (Wildman–Crippen MR) is 86.8 cm³/mol. The van der Waals surface area contributed by atoms with E-state index < -0.39 is 0 Å². The molecule has 0 atom stereocenters. The van der Waals surface area contributed by atoms with Crippen molar-refractivity contribution in [1.82, 2.24) is 4.98 Å². The van der Waals surface area contributed by atoms with Gasteiger partial charge in [0.05, 0.1) is 18.3 Å². The zero-order valence-corrected chi connectivity index (χ0v) is 11.8. The van der Waals surface area contributed by atoms with E-state index in [1.807, 2.05) is 48.5 Å². The smallest absolute Gasteiger partial charge is 0.138 e. The van der Waals surface area contributed by atoms with Crippen LogP contribution in [0.25, 0.3) is 10.9 Å². The molecule has 106 valence electrons. The maximum absolute atomic E-state index is 5.75. The highest BCUT2D eigenvalue weighted by atomic mass is 16.5. The van der Waals surface area contributed by atoms with Crippen molar-refractivity contribution in [2.24, 2.45) is 0 Å². The average Bonchev–Trinajstić information content (AvgIpc) is 2.55. The highest BCUT2D eigenvalue weighted by Crippen LogP contribution is 2.17. The van der Waals surface area contributed by atoms with E-state index >= 15 is 0 Å². The summed E-state index contributed by atoms with van der Waals surface area (Å²) in [5.74, 6) is 0.827. The molecule has 0 saturated heterocycles. The number of anilines is 1. The van der Waals surface area contributed by atoms with Crippen LogP contribution < -0.4 is 10.1 Å². The molecule has 0 amide bonds. The van der Waals surface area contributed by atoms with E-state index in [9.17, 15) is 0 Å². The van der Waals surface area contributed by atoms with Crippen LogP contribution in [0, 0.1) is 0 Å². The topological polar surface area (TPSA) is 34.1 Å². The van der Waals surface area contributed by atoms with E-state index in [0.29, 0.717) is 6.61 Å². The van der Waals surface area contributed by atoms with Gasteiger partial charge < -0.3 is 10.1 Å². The quantitative estimate of drug-likeness (QED) is 0.689. The van der Waals surface area contributed by atoms with Crippen LogP contribution in [-0.4, -0.2) is 18.1 Å². The van der Waals surface area contributed by atoms with Gasteiger partial charge in [-0.3, -0.25) is 4.98 Å². The number of pyridine rings is 1. The van der Waals surface area contributed by atoms with Crippen LogP contribution in [0.15, 0.2) is 66.9 Å². The monoisotopic (exact) mass is 278 g/mol. The molecule has 1 aromatic heterocycles. The molecule has 0 fully saturated rings. The van der Waals surface area contributed by atoms with Crippen molar-refractivity contribution >= 4 is 16.6 Å². The van der Waals surface area contributed by atoms with Gasteiger partial charge in [-0.2, -0.15) is 0 Å². The maximum Gasteiger partial charge on any atom is 0.138 e. The summed E-state index contributed by atoms with van der Waals surface area (Å²) in [5.41, 5.74) is 2.14. The molecule has 3 heteroatoms. The van der Waals surface area contributed by atoms with Gasteiger partial charge in [-0.15, -0.1) is 0 Å². The van der Waals surface area contributed by atoms with Gasteiger partial charge in [-0.05, 0) is 30.7 Å². The number of ether oxygens (including phenoxy) is 1. The highest BCUT2D eigenvalue weighted by molar-refractivity contribution is 5.79. The largest absolute Gasteiger partial charge is 0.492 e. The molecule has 21 heavy (non-hydrogen) atoms. The summed E-state index contributed by atoms with van der Waals surface area (Å²) in [4.78, 5) is 4.39. The second kappa shape index (κ2) is 6.75. The minimum Gasteiger partial charge on any atom is -0.492 e. The molecule has 3 rings (SSSR count). The fourth-order valence-electron chi connectivity index (χ4n) is 2.18. The molecule has 0 aliphatic heterocycles. The zero-order chi connectivity index (χ0) is 14.3. The number of benzene rings is 2. The van der Waals surface area contributed by atoms with Crippen molar-refractivity contribution in [3.05, 3.63) is 66.9 Å². The Labute approximate surface area is 124 Å². The molecule has 2 aromatic carbocycles. The first-order chi connectivity index (χ1) is 10.4. The Kier molecular flexibility index (Phi) is 4.32. The zero-order valence-electron chi connectivity index (χ0n) is 11.8. The van der Waals surface area contributed by atoms with E-state index in [4.69, 9.17) is 4.74 Å². The first-order valence-electron chi connectivity index (χ1n) is 7.18. The average molecular weight is 278 g/mol. The van der Waals surface area contributed by atoms with Gasteiger partial charge in [0.1, 0.15) is 5.75 Å². The Balaban J connectivity index is 1.46. The van der Waals surface area contributed by atoms with Gasteiger partial charge in [0.25, 0.3) is 0 Å². The van der Waals surface area contributed by atoms with Crippen molar-refractivity contribution in [1.29, 1.82) is 0 Å². The number of nitrogens with zero attached hydrogens (tertiary/aromatic N) is 1. The van der Waals surface area contributed by atoms with Crippen molar-refractivity contribution < 1.29 is 4.74 Å². The number of hydrogen-bond donors (Lipinski definition) is 1. The van der Waals surface area contributed by atoms with Gasteiger partial charge in [-0.1, -0.05) is 36.4 Å². The van der Waals surface area contributed by atoms with Crippen molar-refractivity contribution in [3.63, 3.8) is 0 Å². The highest BCUT2D eigenvalue weighted by Gasteiger charge is 1.98. The van der Waals surface area contributed by atoms with Crippen LogP contribution in [0.3, 0.4) is 0 Å². The van der Waals surface area contributed by atoms with Gasteiger partial charge in [0, 0.05) is 17.6 Å². The second-order valence-corrected chi connectivity index (χ2v) is 4.86. The molecule has 1 N–H and O–H groups in total. The summed E-state index contributed by atoms with van der Waals surface area (Å²) < 4.78 is 5.75. The molecule has 1 heterocycles. The number of fused-ring (bicyclic) bond motifs is 1. The predicted octanol–water partition coefficient (Wildman–Crippen LogP) is 4.12. The molecule has 3 nitrogen and oxygen atoms in total. The molecular formula is C18H18N2O.